The van der Waals surface area contributed by atoms with E-state index in [0.29, 0.717) is 6.61 Å². The van der Waals surface area contributed by atoms with Crippen molar-refractivity contribution >= 4 is 22.5 Å². The molecular formula is C14H14ClNO. The van der Waals surface area contributed by atoms with Crippen molar-refractivity contribution in [3.05, 3.63) is 46.6 Å². The summed E-state index contributed by atoms with van der Waals surface area (Å²) in [5.74, 6) is 0. The molecule has 0 fully saturated rings. The quantitative estimate of drug-likeness (QED) is 0.699. The Balaban J connectivity index is 2.26. The highest BCUT2D eigenvalue weighted by molar-refractivity contribution is 6.36. The van der Waals surface area contributed by atoms with E-state index in [2.05, 4.69) is 29.7 Å². The number of aryl methyl sites for hydroxylation is 1. The molecule has 1 aromatic carbocycles. The molecule has 1 aromatic heterocycles. The van der Waals surface area contributed by atoms with Crippen LogP contribution in [0.4, 0.5) is 0 Å². The summed E-state index contributed by atoms with van der Waals surface area (Å²) < 4.78 is 7.87. The van der Waals surface area contributed by atoms with Crippen molar-refractivity contribution < 1.29 is 4.74 Å². The Morgan fingerprint density at radius 2 is 2.12 bits per heavy atom. The minimum Gasteiger partial charge on any atom is -0.363 e. The van der Waals surface area contributed by atoms with Crippen molar-refractivity contribution in [2.45, 2.75) is 13.0 Å². The van der Waals surface area contributed by atoms with E-state index in [1.165, 1.54) is 5.57 Å². The maximum Gasteiger partial charge on any atom is 0.120 e. The summed E-state index contributed by atoms with van der Waals surface area (Å²) in [7, 11) is 2.04. The van der Waals surface area contributed by atoms with E-state index >= 15 is 0 Å². The van der Waals surface area contributed by atoms with Gasteiger partial charge in [-0.1, -0.05) is 35.9 Å². The molecule has 3 heteroatoms. The van der Waals surface area contributed by atoms with E-state index in [1.807, 2.05) is 19.2 Å². The summed E-state index contributed by atoms with van der Waals surface area (Å²) in [6.07, 6.45) is 2.11. The highest BCUT2D eigenvalue weighted by Crippen LogP contribution is 2.39. The monoisotopic (exact) mass is 247 g/mol. The van der Waals surface area contributed by atoms with Gasteiger partial charge < -0.3 is 9.30 Å². The van der Waals surface area contributed by atoms with Gasteiger partial charge in [0.25, 0.3) is 0 Å². The standard InChI is InChI=1S/C14H14ClNO/c1-9-7-8-17-14(9)13-12(15)10-5-3-4-6-11(10)16(13)2/h3-7,14H,8H2,1-2H3. The Hall–Kier alpha value is -1.25. The van der Waals surface area contributed by atoms with Crippen LogP contribution in [0.1, 0.15) is 18.7 Å². The number of halogens is 1. The Bertz CT molecular complexity index is 573. The average molecular weight is 248 g/mol. The number of fused-ring (bicyclic) bond motifs is 1. The van der Waals surface area contributed by atoms with Crippen LogP contribution in [0.5, 0.6) is 0 Å². The van der Waals surface area contributed by atoms with E-state index in [4.69, 9.17) is 16.3 Å². The fourth-order valence-electron chi connectivity index (χ4n) is 2.47. The molecule has 0 amide bonds. The first-order valence-electron chi connectivity index (χ1n) is 5.71. The Labute approximate surface area is 105 Å². The Kier molecular flexibility index (Phi) is 2.49. The topological polar surface area (TPSA) is 14.2 Å². The zero-order valence-electron chi connectivity index (χ0n) is 9.90. The predicted octanol–water partition coefficient (Wildman–Crippen LogP) is 3.85. The highest BCUT2D eigenvalue weighted by Gasteiger charge is 2.26. The molecule has 2 heterocycles. The summed E-state index contributed by atoms with van der Waals surface area (Å²) in [6.45, 7) is 2.76. The molecule has 17 heavy (non-hydrogen) atoms. The number of benzene rings is 1. The van der Waals surface area contributed by atoms with E-state index in [0.717, 1.165) is 21.6 Å². The third-order valence-corrected chi connectivity index (χ3v) is 3.82. The summed E-state index contributed by atoms with van der Waals surface area (Å²) in [6, 6.07) is 8.17. The van der Waals surface area contributed by atoms with Crippen LogP contribution in [0.15, 0.2) is 35.9 Å². The van der Waals surface area contributed by atoms with Gasteiger partial charge in [0.1, 0.15) is 6.10 Å². The summed E-state index contributed by atoms with van der Waals surface area (Å²) in [5.41, 5.74) is 3.44. The lowest BCUT2D eigenvalue weighted by Gasteiger charge is -2.14. The first-order chi connectivity index (χ1) is 8.20. The van der Waals surface area contributed by atoms with Crippen LogP contribution in [0.25, 0.3) is 10.9 Å². The van der Waals surface area contributed by atoms with Gasteiger partial charge in [0.05, 0.1) is 17.3 Å². The molecule has 0 bridgehead atoms. The lowest BCUT2D eigenvalue weighted by atomic mass is 10.1. The molecule has 0 N–H and O–H groups in total. The molecule has 0 aliphatic carbocycles. The van der Waals surface area contributed by atoms with Crippen LogP contribution in [0, 0.1) is 0 Å². The molecule has 3 rings (SSSR count). The second-order valence-electron chi connectivity index (χ2n) is 4.44. The maximum absolute atomic E-state index is 6.48. The molecule has 2 aromatic rings. The first-order valence-corrected chi connectivity index (χ1v) is 6.09. The van der Waals surface area contributed by atoms with Crippen molar-refractivity contribution in [2.75, 3.05) is 6.61 Å². The molecule has 88 valence electrons. The molecule has 0 saturated carbocycles. The Morgan fingerprint density at radius 3 is 2.76 bits per heavy atom. The normalized spacial score (nSPS) is 19.9. The van der Waals surface area contributed by atoms with Crippen LogP contribution in [-0.2, 0) is 11.8 Å². The van der Waals surface area contributed by atoms with Crippen molar-refractivity contribution in [1.29, 1.82) is 0 Å². The van der Waals surface area contributed by atoms with Crippen LogP contribution < -0.4 is 0 Å². The van der Waals surface area contributed by atoms with Crippen LogP contribution in [0.3, 0.4) is 0 Å². The Morgan fingerprint density at radius 1 is 1.35 bits per heavy atom. The van der Waals surface area contributed by atoms with E-state index < -0.39 is 0 Å². The molecule has 0 radical (unpaired) electrons. The number of hydrogen-bond donors (Lipinski definition) is 0. The summed E-state index contributed by atoms with van der Waals surface area (Å²) in [5, 5.41) is 1.90. The fourth-order valence-corrected chi connectivity index (χ4v) is 2.85. The SMILES string of the molecule is CC1=CCOC1c1c(Cl)c2ccccc2n1C. The van der Waals surface area contributed by atoms with Crippen molar-refractivity contribution in [3.8, 4) is 0 Å². The van der Waals surface area contributed by atoms with Gasteiger partial charge >= 0.3 is 0 Å². The second-order valence-corrected chi connectivity index (χ2v) is 4.81. The number of nitrogens with zero attached hydrogens (tertiary/aromatic N) is 1. The van der Waals surface area contributed by atoms with Gasteiger partial charge in [-0.2, -0.15) is 0 Å². The van der Waals surface area contributed by atoms with Crippen molar-refractivity contribution in [3.63, 3.8) is 0 Å². The van der Waals surface area contributed by atoms with Gasteiger partial charge in [-0.05, 0) is 18.6 Å². The van der Waals surface area contributed by atoms with Crippen LogP contribution in [0.2, 0.25) is 5.02 Å². The largest absolute Gasteiger partial charge is 0.363 e. The highest BCUT2D eigenvalue weighted by atomic mass is 35.5. The molecule has 2 nitrogen and oxygen atoms in total. The third kappa shape index (κ3) is 1.52. The van der Waals surface area contributed by atoms with E-state index in [-0.39, 0.29) is 6.10 Å². The first kappa shape index (κ1) is 10.9. The van der Waals surface area contributed by atoms with Gasteiger partial charge in [0.2, 0.25) is 0 Å². The molecule has 0 spiro atoms. The van der Waals surface area contributed by atoms with Crippen LogP contribution in [-0.4, -0.2) is 11.2 Å². The smallest absolute Gasteiger partial charge is 0.120 e. The maximum atomic E-state index is 6.48. The number of hydrogen-bond acceptors (Lipinski definition) is 1. The lowest BCUT2D eigenvalue weighted by Crippen LogP contribution is -2.06. The van der Waals surface area contributed by atoms with Gasteiger partial charge in [-0.25, -0.2) is 0 Å². The third-order valence-electron chi connectivity index (χ3n) is 3.42. The fraction of sp³-hybridized carbons (Fsp3) is 0.286. The molecule has 1 aliphatic rings. The van der Waals surface area contributed by atoms with Gasteiger partial charge in [0, 0.05) is 18.0 Å². The molecule has 0 saturated heterocycles. The summed E-state index contributed by atoms with van der Waals surface area (Å²) >= 11 is 6.48. The lowest BCUT2D eigenvalue weighted by molar-refractivity contribution is 0.118. The van der Waals surface area contributed by atoms with Gasteiger partial charge in [0.15, 0.2) is 0 Å². The van der Waals surface area contributed by atoms with Crippen molar-refractivity contribution in [1.82, 2.24) is 4.57 Å². The second kappa shape index (κ2) is 3.90. The van der Waals surface area contributed by atoms with E-state index in [1.54, 1.807) is 0 Å². The predicted molar refractivity (Wildman–Crippen MR) is 70.4 cm³/mol. The zero-order chi connectivity index (χ0) is 12.0. The van der Waals surface area contributed by atoms with E-state index in [9.17, 15) is 0 Å². The van der Waals surface area contributed by atoms with Crippen molar-refractivity contribution in [2.24, 2.45) is 7.05 Å². The molecular weight excluding hydrogens is 234 g/mol. The van der Waals surface area contributed by atoms with Gasteiger partial charge in [-0.3, -0.25) is 0 Å². The zero-order valence-corrected chi connectivity index (χ0v) is 10.7. The van der Waals surface area contributed by atoms with Gasteiger partial charge in [-0.15, -0.1) is 0 Å². The summed E-state index contributed by atoms with van der Waals surface area (Å²) in [4.78, 5) is 0. The molecule has 1 aliphatic heterocycles. The van der Waals surface area contributed by atoms with Crippen LogP contribution >= 0.6 is 11.6 Å². The number of ether oxygens (including phenoxy) is 1. The number of rotatable bonds is 1. The minimum absolute atomic E-state index is 0.0000926. The molecule has 1 unspecified atom stereocenters. The molecule has 1 atom stereocenters. The minimum atomic E-state index is -0.0000926. The number of para-hydroxylation sites is 1. The number of aromatic nitrogens is 1. The average Bonchev–Trinajstić information content (AvgIpc) is 2.84.